The zero-order valence-electron chi connectivity index (χ0n) is 18.8. The van der Waals surface area contributed by atoms with Gasteiger partial charge < -0.3 is 15.3 Å². The predicted octanol–water partition coefficient (Wildman–Crippen LogP) is 6.41. The van der Waals surface area contributed by atoms with Gasteiger partial charge in [-0.1, -0.05) is 36.2 Å². The van der Waals surface area contributed by atoms with Gasteiger partial charge in [0, 0.05) is 35.3 Å². The molecule has 0 radical (unpaired) electrons. The van der Waals surface area contributed by atoms with Crippen LogP contribution in [0.25, 0.3) is 33.1 Å². The Balaban J connectivity index is 1.31. The Morgan fingerprint density at radius 3 is 2.71 bits per heavy atom. The lowest BCUT2D eigenvalue weighted by molar-refractivity contribution is 0.845. The SMILES string of the molecule is CC(Nc1ncnc2nc(C(C)c3ccc4ncc(Cl)cc4c3)[nH]c12)c1cnc2[nH]cc(Cl)c2c1. The van der Waals surface area contributed by atoms with E-state index in [1.165, 1.54) is 6.33 Å². The summed E-state index contributed by atoms with van der Waals surface area (Å²) in [6, 6.07) is 10.0. The van der Waals surface area contributed by atoms with Crippen LogP contribution in [0, 0.1) is 0 Å². The Bertz CT molecular complexity index is 1710. The Morgan fingerprint density at radius 1 is 0.943 bits per heavy atom. The average molecular weight is 503 g/mol. The van der Waals surface area contributed by atoms with Crippen LogP contribution in [0.1, 0.15) is 42.8 Å². The van der Waals surface area contributed by atoms with E-state index in [4.69, 9.17) is 28.2 Å². The van der Waals surface area contributed by atoms with Gasteiger partial charge in [0.2, 0.25) is 0 Å². The summed E-state index contributed by atoms with van der Waals surface area (Å²) in [4.78, 5) is 28.9. The smallest absolute Gasteiger partial charge is 0.183 e. The van der Waals surface area contributed by atoms with Crippen molar-refractivity contribution in [1.82, 2.24) is 34.9 Å². The molecular formula is C25H20Cl2N8. The maximum absolute atomic E-state index is 6.27. The van der Waals surface area contributed by atoms with Crippen molar-refractivity contribution in [2.45, 2.75) is 25.8 Å². The van der Waals surface area contributed by atoms with Crippen molar-refractivity contribution in [2.24, 2.45) is 0 Å². The van der Waals surface area contributed by atoms with Gasteiger partial charge >= 0.3 is 0 Å². The van der Waals surface area contributed by atoms with Gasteiger partial charge in [-0.25, -0.2) is 19.9 Å². The topological polar surface area (TPSA) is 108 Å². The Hall–Kier alpha value is -3.75. The molecule has 0 aliphatic rings. The number of rotatable bonds is 5. The minimum absolute atomic E-state index is 0.000181. The number of aromatic amines is 2. The van der Waals surface area contributed by atoms with Crippen LogP contribution in [0.2, 0.25) is 10.0 Å². The summed E-state index contributed by atoms with van der Waals surface area (Å²) in [5, 5.41) is 6.59. The van der Waals surface area contributed by atoms with Crippen LogP contribution in [0.3, 0.4) is 0 Å². The number of pyridine rings is 2. The van der Waals surface area contributed by atoms with E-state index in [-0.39, 0.29) is 12.0 Å². The number of fused-ring (bicyclic) bond motifs is 3. The van der Waals surface area contributed by atoms with Crippen molar-refractivity contribution in [3.8, 4) is 0 Å². The molecule has 35 heavy (non-hydrogen) atoms. The number of hydrogen-bond acceptors (Lipinski definition) is 6. The molecule has 0 amide bonds. The summed E-state index contributed by atoms with van der Waals surface area (Å²) in [7, 11) is 0. The quantitative estimate of drug-likeness (QED) is 0.251. The van der Waals surface area contributed by atoms with Gasteiger partial charge in [0.05, 0.1) is 21.6 Å². The molecule has 10 heteroatoms. The van der Waals surface area contributed by atoms with Crippen molar-refractivity contribution in [1.29, 1.82) is 0 Å². The van der Waals surface area contributed by atoms with E-state index in [0.29, 0.717) is 21.5 Å². The first-order chi connectivity index (χ1) is 17.0. The number of halogens is 2. The van der Waals surface area contributed by atoms with E-state index in [2.05, 4.69) is 54.3 Å². The molecule has 2 atom stereocenters. The summed E-state index contributed by atoms with van der Waals surface area (Å²) in [6.07, 6.45) is 6.73. The standard InChI is InChI=1S/C25H20Cl2N8/c1-12(14-3-4-20-15(5-14)6-17(26)9-28-20)22-34-21-24(31-11-32-25(21)35-22)33-13(2)16-7-18-19(27)10-30-23(18)29-8-16/h3-13H,1-2H3,(H,29,30)(H2,31,32,33,34,35). The van der Waals surface area contributed by atoms with Gasteiger partial charge in [0.1, 0.15) is 23.3 Å². The first-order valence-electron chi connectivity index (χ1n) is 11.1. The van der Waals surface area contributed by atoms with E-state index in [1.807, 2.05) is 31.3 Å². The number of imidazole rings is 1. The van der Waals surface area contributed by atoms with Crippen molar-refractivity contribution in [2.75, 3.05) is 5.32 Å². The largest absolute Gasteiger partial charge is 0.362 e. The van der Waals surface area contributed by atoms with E-state index in [9.17, 15) is 0 Å². The van der Waals surface area contributed by atoms with Crippen LogP contribution < -0.4 is 5.32 Å². The summed E-state index contributed by atoms with van der Waals surface area (Å²) in [5.74, 6) is 1.47. The third kappa shape index (κ3) is 3.94. The van der Waals surface area contributed by atoms with Crippen LogP contribution in [0.4, 0.5) is 5.82 Å². The lowest BCUT2D eigenvalue weighted by atomic mass is 9.99. The van der Waals surface area contributed by atoms with Gasteiger partial charge in [0.25, 0.3) is 0 Å². The lowest BCUT2D eigenvalue weighted by Gasteiger charge is -2.15. The minimum atomic E-state index is -0.0714. The fourth-order valence-corrected chi connectivity index (χ4v) is 4.59. The average Bonchev–Trinajstić information content (AvgIpc) is 3.47. The van der Waals surface area contributed by atoms with Gasteiger partial charge in [-0.2, -0.15) is 0 Å². The molecule has 5 aromatic heterocycles. The molecular weight excluding hydrogens is 483 g/mol. The van der Waals surface area contributed by atoms with Crippen LogP contribution in [0.5, 0.6) is 0 Å². The predicted molar refractivity (Wildman–Crippen MR) is 139 cm³/mol. The van der Waals surface area contributed by atoms with Crippen molar-refractivity contribution < 1.29 is 0 Å². The van der Waals surface area contributed by atoms with E-state index < -0.39 is 0 Å². The van der Waals surface area contributed by atoms with Gasteiger partial charge in [-0.3, -0.25) is 4.98 Å². The highest BCUT2D eigenvalue weighted by atomic mass is 35.5. The highest BCUT2D eigenvalue weighted by Gasteiger charge is 2.18. The molecule has 0 saturated heterocycles. The van der Waals surface area contributed by atoms with Crippen LogP contribution in [0.15, 0.2) is 55.2 Å². The number of nitrogens with zero attached hydrogens (tertiary/aromatic N) is 5. The summed E-state index contributed by atoms with van der Waals surface area (Å²) in [5.41, 5.74) is 5.09. The maximum atomic E-state index is 6.27. The molecule has 0 spiro atoms. The Labute approximate surface area is 210 Å². The van der Waals surface area contributed by atoms with Crippen LogP contribution in [-0.4, -0.2) is 34.9 Å². The molecule has 5 heterocycles. The fraction of sp³-hybridized carbons (Fsp3) is 0.160. The number of H-pyrrole nitrogens is 2. The van der Waals surface area contributed by atoms with Crippen LogP contribution >= 0.6 is 23.2 Å². The first kappa shape index (κ1) is 21.8. The minimum Gasteiger partial charge on any atom is -0.362 e. The molecule has 0 aliphatic carbocycles. The molecule has 8 nitrogen and oxygen atoms in total. The van der Waals surface area contributed by atoms with E-state index in [1.54, 1.807) is 12.4 Å². The second-order valence-electron chi connectivity index (χ2n) is 8.54. The molecule has 1 aromatic carbocycles. The molecule has 0 bridgehead atoms. The molecule has 174 valence electrons. The summed E-state index contributed by atoms with van der Waals surface area (Å²) in [6.45, 7) is 4.15. The lowest BCUT2D eigenvalue weighted by Crippen LogP contribution is -2.09. The highest BCUT2D eigenvalue weighted by Crippen LogP contribution is 2.30. The Morgan fingerprint density at radius 2 is 1.83 bits per heavy atom. The number of nitrogens with one attached hydrogen (secondary N) is 3. The molecule has 2 unspecified atom stereocenters. The summed E-state index contributed by atoms with van der Waals surface area (Å²) < 4.78 is 0. The third-order valence-corrected chi connectivity index (χ3v) is 6.76. The molecule has 0 aliphatic heterocycles. The molecule has 0 fully saturated rings. The maximum Gasteiger partial charge on any atom is 0.183 e. The number of benzene rings is 1. The van der Waals surface area contributed by atoms with Crippen molar-refractivity contribution >= 4 is 62.1 Å². The van der Waals surface area contributed by atoms with E-state index in [0.717, 1.165) is 44.4 Å². The number of aromatic nitrogens is 7. The molecule has 6 aromatic rings. The third-order valence-electron chi connectivity index (χ3n) is 6.24. The van der Waals surface area contributed by atoms with Gasteiger partial charge in [-0.15, -0.1) is 0 Å². The monoisotopic (exact) mass is 502 g/mol. The number of anilines is 1. The normalized spacial score (nSPS) is 13.5. The van der Waals surface area contributed by atoms with Crippen LogP contribution in [-0.2, 0) is 0 Å². The summed E-state index contributed by atoms with van der Waals surface area (Å²) >= 11 is 12.4. The highest BCUT2D eigenvalue weighted by molar-refractivity contribution is 6.35. The molecule has 0 saturated carbocycles. The Kier molecular flexibility index (Phi) is 5.27. The van der Waals surface area contributed by atoms with E-state index >= 15 is 0 Å². The number of hydrogen-bond donors (Lipinski definition) is 3. The van der Waals surface area contributed by atoms with Gasteiger partial charge in [-0.05, 0) is 42.3 Å². The second kappa shape index (κ2) is 8.48. The van der Waals surface area contributed by atoms with Crippen molar-refractivity contribution in [3.63, 3.8) is 0 Å². The zero-order chi connectivity index (χ0) is 24.1. The fourth-order valence-electron chi connectivity index (χ4n) is 4.22. The first-order valence-corrected chi connectivity index (χ1v) is 11.9. The second-order valence-corrected chi connectivity index (χ2v) is 9.38. The zero-order valence-corrected chi connectivity index (χ0v) is 20.4. The van der Waals surface area contributed by atoms with Crippen molar-refractivity contribution in [3.05, 3.63) is 82.2 Å². The molecule has 6 rings (SSSR count). The van der Waals surface area contributed by atoms with Gasteiger partial charge in [0.15, 0.2) is 11.5 Å². The molecule has 3 N–H and O–H groups in total.